The van der Waals surface area contributed by atoms with Gasteiger partial charge in [-0.2, -0.15) is 0 Å². The predicted molar refractivity (Wildman–Crippen MR) is 108 cm³/mol. The zero-order valence-corrected chi connectivity index (χ0v) is 16.0. The number of nitrogens with two attached hydrogens (primary N) is 1. The lowest BCUT2D eigenvalue weighted by Crippen LogP contribution is -2.31. The molecule has 0 bridgehead atoms. The molecular formula is C20H33N3S. The second kappa shape index (κ2) is 11.4. The van der Waals surface area contributed by atoms with Crippen LogP contribution < -0.4 is 10.9 Å². The van der Waals surface area contributed by atoms with Crippen molar-refractivity contribution in [1.29, 1.82) is 0 Å². The minimum Gasteiger partial charge on any atom is -0.286 e. The molecule has 134 valence electrons. The Hall–Kier alpha value is -1.13. The van der Waals surface area contributed by atoms with Gasteiger partial charge in [-0.3, -0.25) is 5.01 Å². The van der Waals surface area contributed by atoms with Crippen LogP contribution in [0.2, 0.25) is 0 Å². The van der Waals surface area contributed by atoms with E-state index in [0.29, 0.717) is 0 Å². The van der Waals surface area contributed by atoms with Crippen molar-refractivity contribution < 1.29 is 0 Å². The van der Waals surface area contributed by atoms with Crippen molar-refractivity contribution in [2.45, 2.75) is 77.6 Å². The van der Waals surface area contributed by atoms with E-state index >= 15 is 0 Å². The number of hydrogen-bond acceptors (Lipinski definition) is 4. The van der Waals surface area contributed by atoms with Crippen LogP contribution in [0.5, 0.6) is 0 Å². The third kappa shape index (κ3) is 6.78. The molecule has 1 heterocycles. The first-order valence-electron chi connectivity index (χ1n) is 9.69. The van der Waals surface area contributed by atoms with E-state index in [-0.39, 0.29) is 0 Å². The van der Waals surface area contributed by atoms with Gasteiger partial charge < -0.3 is 0 Å². The monoisotopic (exact) mass is 347 g/mol. The lowest BCUT2D eigenvalue weighted by Gasteiger charge is -2.14. The molecule has 0 radical (unpaired) electrons. The Morgan fingerprint density at radius 3 is 2.08 bits per heavy atom. The third-order valence-electron chi connectivity index (χ3n) is 4.53. The second-order valence-electron chi connectivity index (χ2n) is 6.69. The summed E-state index contributed by atoms with van der Waals surface area (Å²) in [5.74, 6) is 6.16. The molecular weight excluding hydrogens is 314 g/mol. The van der Waals surface area contributed by atoms with Crippen molar-refractivity contribution in [3.8, 4) is 0 Å². The first-order chi connectivity index (χ1) is 11.8. The van der Waals surface area contributed by atoms with Crippen molar-refractivity contribution in [2.75, 3.05) is 11.6 Å². The summed E-state index contributed by atoms with van der Waals surface area (Å²) in [5.41, 5.74) is 1.05. The molecule has 1 aromatic carbocycles. The summed E-state index contributed by atoms with van der Waals surface area (Å²) in [6.07, 6.45) is 15.0. The SMILES string of the molecule is CCCCCCCCCCCCCN(N)c1nc2ccccc2s1. The van der Waals surface area contributed by atoms with Gasteiger partial charge in [-0.05, 0) is 18.6 Å². The van der Waals surface area contributed by atoms with E-state index in [9.17, 15) is 0 Å². The minimum absolute atomic E-state index is 0.900. The van der Waals surface area contributed by atoms with Gasteiger partial charge in [0.25, 0.3) is 0 Å². The average molecular weight is 348 g/mol. The Labute approximate surface area is 151 Å². The van der Waals surface area contributed by atoms with Gasteiger partial charge in [0.2, 0.25) is 5.13 Å². The Bertz CT molecular complexity index is 534. The zero-order valence-electron chi connectivity index (χ0n) is 15.2. The van der Waals surface area contributed by atoms with Gasteiger partial charge in [0.05, 0.1) is 10.2 Å². The first-order valence-corrected chi connectivity index (χ1v) is 10.5. The topological polar surface area (TPSA) is 42.1 Å². The molecule has 2 N–H and O–H groups in total. The molecule has 0 aliphatic rings. The smallest absolute Gasteiger partial charge is 0.200 e. The van der Waals surface area contributed by atoms with Gasteiger partial charge in [-0.15, -0.1) is 0 Å². The second-order valence-corrected chi connectivity index (χ2v) is 7.70. The lowest BCUT2D eigenvalue weighted by atomic mass is 10.1. The van der Waals surface area contributed by atoms with Crippen LogP contribution >= 0.6 is 11.3 Å². The van der Waals surface area contributed by atoms with E-state index in [0.717, 1.165) is 23.6 Å². The highest BCUT2D eigenvalue weighted by Gasteiger charge is 2.08. The number of nitrogens with zero attached hydrogens (tertiary/aromatic N) is 2. The predicted octanol–water partition coefficient (Wildman–Crippen LogP) is 6.29. The van der Waals surface area contributed by atoms with Crippen molar-refractivity contribution in [3.05, 3.63) is 24.3 Å². The highest BCUT2D eigenvalue weighted by atomic mass is 32.1. The largest absolute Gasteiger partial charge is 0.286 e. The molecule has 0 unspecified atom stereocenters. The molecule has 3 nitrogen and oxygen atoms in total. The number of anilines is 1. The van der Waals surface area contributed by atoms with Crippen LogP contribution in [0.15, 0.2) is 24.3 Å². The van der Waals surface area contributed by atoms with Gasteiger partial charge in [-0.25, -0.2) is 10.8 Å². The maximum absolute atomic E-state index is 6.16. The van der Waals surface area contributed by atoms with Crippen LogP contribution in [-0.4, -0.2) is 11.5 Å². The van der Waals surface area contributed by atoms with Gasteiger partial charge in [-0.1, -0.05) is 94.6 Å². The van der Waals surface area contributed by atoms with E-state index in [1.807, 2.05) is 17.1 Å². The molecule has 0 saturated carbocycles. The maximum atomic E-state index is 6.16. The van der Waals surface area contributed by atoms with E-state index in [4.69, 9.17) is 5.84 Å². The number of hydrazine groups is 1. The average Bonchev–Trinajstić information content (AvgIpc) is 3.04. The van der Waals surface area contributed by atoms with Gasteiger partial charge in [0.15, 0.2) is 0 Å². The number of para-hydroxylation sites is 1. The molecule has 0 atom stereocenters. The maximum Gasteiger partial charge on any atom is 0.200 e. The van der Waals surface area contributed by atoms with Gasteiger partial charge in [0, 0.05) is 6.54 Å². The Kier molecular flexibility index (Phi) is 9.14. The quantitative estimate of drug-likeness (QED) is 0.263. The number of thiazole rings is 1. The number of rotatable bonds is 13. The number of fused-ring (bicyclic) bond motifs is 1. The lowest BCUT2D eigenvalue weighted by molar-refractivity contribution is 0.548. The molecule has 0 saturated heterocycles. The van der Waals surface area contributed by atoms with Crippen molar-refractivity contribution >= 4 is 26.7 Å². The normalized spacial score (nSPS) is 11.2. The van der Waals surface area contributed by atoms with Crippen LogP contribution in [0.3, 0.4) is 0 Å². The molecule has 4 heteroatoms. The number of unbranched alkanes of at least 4 members (excludes halogenated alkanes) is 10. The van der Waals surface area contributed by atoms with E-state index in [2.05, 4.69) is 24.0 Å². The Balaban J connectivity index is 1.50. The number of benzene rings is 1. The number of hydrogen-bond donors (Lipinski definition) is 1. The zero-order chi connectivity index (χ0) is 17.0. The fourth-order valence-electron chi connectivity index (χ4n) is 3.02. The summed E-state index contributed by atoms with van der Waals surface area (Å²) >= 11 is 1.68. The summed E-state index contributed by atoms with van der Waals surface area (Å²) in [4.78, 5) is 4.60. The highest BCUT2D eigenvalue weighted by Crippen LogP contribution is 2.27. The van der Waals surface area contributed by atoms with Crippen LogP contribution in [0.4, 0.5) is 5.13 Å². The summed E-state index contributed by atoms with van der Waals surface area (Å²) in [6.45, 7) is 3.18. The Morgan fingerprint density at radius 1 is 0.875 bits per heavy atom. The molecule has 0 fully saturated rings. The van der Waals surface area contributed by atoms with Crippen LogP contribution in [-0.2, 0) is 0 Å². The molecule has 0 spiro atoms. The third-order valence-corrected chi connectivity index (χ3v) is 5.60. The Morgan fingerprint density at radius 2 is 1.46 bits per heavy atom. The molecule has 0 aliphatic carbocycles. The fraction of sp³-hybridized carbons (Fsp3) is 0.650. The van der Waals surface area contributed by atoms with Crippen molar-refractivity contribution in [1.82, 2.24) is 4.98 Å². The minimum atomic E-state index is 0.900. The van der Waals surface area contributed by atoms with Crippen LogP contribution in [0.1, 0.15) is 77.6 Å². The van der Waals surface area contributed by atoms with Crippen molar-refractivity contribution in [3.63, 3.8) is 0 Å². The van der Waals surface area contributed by atoms with E-state index in [1.54, 1.807) is 11.3 Å². The summed E-state index contributed by atoms with van der Waals surface area (Å²) in [6, 6.07) is 8.23. The molecule has 2 rings (SSSR count). The van der Waals surface area contributed by atoms with Crippen molar-refractivity contribution in [2.24, 2.45) is 5.84 Å². The highest BCUT2D eigenvalue weighted by molar-refractivity contribution is 7.22. The summed E-state index contributed by atoms with van der Waals surface area (Å²) in [5, 5.41) is 2.75. The summed E-state index contributed by atoms with van der Waals surface area (Å²) < 4.78 is 1.21. The standard InChI is InChI=1S/C20H33N3S/c1-2-3-4-5-6-7-8-9-10-11-14-17-23(21)20-22-18-15-12-13-16-19(18)24-20/h12-13,15-16H,2-11,14,17,21H2,1H3. The molecule has 0 amide bonds. The van der Waals surface area contributed by atoms with E-state index < -0.39 is 0 Å². The molecule has 24 heavy (non-hydrogen) atoms. The molecule has 0 aliphatic heterocycles. The first kappa shape index (κ1) is 19.2. The molecule has 2 aromatic rings. The summed E-state index contributed by atoms with van der Waals surface area (Å²) in [7, 11) is 0. The van der Waals surface area contributed by atoms with Gasteiger partial charge in [0.1, 0.15) is 0 Å². The van der Waals surface area contributed by atoms with E-state index in [1.165, 1.54) is 68.9 Å². The van der Waals surface area contributed by atoms with Crippen LogP contribution in [0.25, 0.3) is 10.2 Å². The van der Waals surface area contributed by atoms with Crippen LogP contribution in [0, 0.1) is 0 Å². The number of aromatic nitrogens is 1. The molecule has 1 aromatic heterocycles. The fourth-order valence-corrected chi connectivity index (χ4v) is 3.94. The van der Waals surface area contributed by atoms with Gasteiger partial charge >= 0.3 is 0 Å².